The Balaban J connectivity index is 2.43. The van der Waals surface area contributed by atoms with E-state index in [1.54, 1.807) is 0 Å². The molecule has 0 spiro atoms. The molecule has 0 aliphatic carbocycles. The second-order valence-electron chi connectivity index (χ2n) is 5.66. The Morgan fingerprint density at radius 2 is 1.71 bits per heavy atom. The summed E-state index contributed by atoms with van der Waals surface area (Å²) in [5.41, 5.74) is 0.458. The highest BCUT2D eigenvalue weighted by atomic mass is 16.7. The first-order valence-corrected chi connectivity index (χ1v) is 6.27. The molecule has 0 amide bonds. The van der Waals surface area contributed by atoms with Crippen LogP contribution in [0, 0.1) is 12.3 Å². The molecule has 1 heterocycles. The Kier molecular flexibility index (Phi) is 4.46. The molecule has 94 valence electrons. The highest BCUT2D eigenvalue weighted by molar-refractivity contribution is 6.54. The third-order valence-corrected chi connectivity index (χ3v) is 3.66. The first-order valence-electron chi connectivity index (χ1n) is 6.27. The Morgan fingerprint density at radius 1 is 1.18 bits per heavy atom. The van der Waals surface area contributed by atoms with Crippen molar-refractivity contribution in [2.75, 3.05) is 0 Å². The van der Waals surface area contributed by atoms with Crippen LogP contribution in [0.25, 0.3) is 0 Å². The maximum absolute atomic E-state index is 5.92. The predicted molar refractivity (Wildman–Crippen MR) is 72.5 cm³/mol. The van der Waals surface area contributed by atoms with Crippen molar-refractivity contribution in [1.82, 2.24) is 0 Å². The largest absolute Gasteiger partial charge is 0.489 e. The number of allylic oxidation sites excluding steroid dienone is 1. The summed E-state index contributed by atoms with van der Waals surface area (Å²) < 4.78 is 11.8. The average Bonchev–Trinajstić information content (AvgIpc) is 2.43. The zero-order valence-electron chi connectivity index (χ0n) is 11.5. The van der Waals surface area contributed by atoms with Gasteiger partial charge in [-0.2, -0.15) is 0 Å². The summed E-state index contributed by atoms with van der Waals surface area (Å²) in [6.07, 6.45) is 9.05. The Labute approximate surface area is 106 Å². The van der Waals surface area contributed by atoms with Gasteiger partial charge in [0.05, 0.1) is 11.2 Å². The third kappa shape index (κ3) is 3.37. The van der Waals surface area contributed by atoms with Gasteiger partial charge in [-0.15, -0.1) is 18.9 Å². The van der Waals surface area contributed by atoms with Gasteiger partial charge in [0, 0.05) is 6.42 Å². The van der Waals surface area contributed by atoms with E-state index in [-0.39, 0.29) is 18.3 Å². The number of hydrogen-bond acceptors (Lipinski definition) is 2. The zero-order chi connectivity index (χ0) is 13.1. The molecule has 0 aromatic rings. The van der Waals surface area contributed by atoms with Gasteiger partial charge < -0.3 is 9.31 Å². The van der Waals surface area contributed by atoms with E-state index in [4.69, 9.17) is 15.7 Å². The SMILES string of the molecule is C#CCCCCC(=C)B1OC(C)(C)C(C)(C)O1. The lowest BCUT2D eigenvalue weighted by molar-refractivity contribution is 0.00578. The van der Waals surface area contributed by atoms with Gasteiger partial charge in [0.15, 0.2) is 0 Å². The Bertz CT molecular complexity index is 310. The summed E-state index contributed by atoms with van der Waals surface area (Å²) >= 11 is 0. The van der Waals surface area contributed by atoms with Crippen molar-refractivity contribution >= 4 is 7.12 Å². The topological polar surface area (TPSA) is 18.5 Å². The normalized spacial score (nSPS) is 21.2. The smallest absolute Gasteiger partial charge is 0.400 e. The van der Waals surface area contributed by atoms with Crippen LogP contribution < -0.4 is 0 Å². The van der Waals surface area contributed by atoms with Gasteiger partial charge in [0.25, 0.3) is 0 Å². The van der Waals surface area contributed by atoms with Gasteiger partial charge in [-0.25, -0.2) is 0 Å². The summed E-state index contributed by atoms with van der Waals surface area (Å²) in [4.78, 5) is 0. The molecule has 1 saturated heterocycles. The third-order valence-electron chi connectivity index (χ3n) is 3.66. The first-order chi connectivity index (χ1) is 7.80. The lowest BCUT2D eigenvalue weighted by Crippen LogP contribution is -2.41. The molecule has 0 N–H and O–H groups in total. The van der Waals surface area contributed by atoms with E-state index in [2.05, 4.69) is 40.2 Å². The Hall–Kier alpha value is -0.715. The zero-order valence-corrected chi connectivity index (χ0v) is 11.5. The number of terminal acetylenes is 1. The number of hydrogen-bond donors (Lipinski definition) is 0. The van der Waals surface area contributed by atoms with E-state index in [1.807, 2.05) is 0 Å². The van der Waals surface area contributed by atoms with Crippen LogP contribution in [0.3, 0.4) is 0 Å². The summed E-state index contributed by atoms with van der Waals surface area (Å²) in [5, 5.41) is 0. The van der Waals surface area contributed by atoms with Gasteiger partial charge in [-0.3, -0.25) is 0 Å². The molecule has 0 saturated carbocycles. The van der Waals surface area contributed by atoms with Crippen molar-refractivity contribution < 1.29 is 9.31 Å². The van der Waals surface area contributed by atoms with Gasteiger partial charge in [0.2, 0.25) is 0 Å². The second-order valence-corrected chi connectivity index (χ2v) is 5.66. The summed E-state index contributed by atoms with van der Waals surface area (Å²) in [5.74, 6) is 2.64. The molecule has 1 aliphatic heterocycles. The quantitative estimate of drug-likeness (QED) is 0.412. The minimum Gasteiger partial charge on any atom is -0.400 e. The van der Waals surface area contributed by atoms with Crippen molar-refractivity contribution in [2.24, 2.45) is 0 Å². The van der Waals surface area contributed by atoms with Crippen molar-refractivity contribution in [2.45, 2.75) is 64.6 Å². The molecule has 0 bridgehead atoms. The van der Waals surface area contributed by atoms with Gasteiger partial charge in [-0.1, -0.05) is 0 Å². The molecular formula is C14H23BO2. The monoisotopic (exact) mass is 234 g/mol. The highest BCUT2D eigenvalue weighted by Gasteiger charge is 2.51. The van der Waals surface area contributed by atoms with Crippen LogP contribution in [-0.2, 0) is 9.31 Å². The molecule has 0 radical (unpaired) electrons. The van der Waals surface area contributed by atoms with Crippen LogP contribution in [0.1, 0.15) is 53.4 Å². The minimum atomic E-state index is -0.278. The predicted octanol–water partition coefficient (Wildman–Crippen LogP) is 3.37. The van der Waals surface area contributed by atoms with E-state index in [1.165, 1.54) is 0 Å². The molecule has 0 unspecified atom stereocenters. The van der Waals surface area contributed by atoms with Gasteiger partial charge in [0.1, 0.15) is 0 Å². The molecule has 1 fully saturated rings. The number of unbranched alkanes of at least 4 members (excludes halogenated alkanes) is 2. The molecule has 0 aromatic carbocycles. The van der Waals surface area contributed by atoms with Gasteiger partial charge >= 0.3 is 7.12 Å². The van der Waals surface area contributed by atoms with Crippen molar-refractivity contribution in [3.8, 4) is 12.3 Å². The average molecular weight is 234 g/mol. The summed E-state index contributed by atoms with van der Waals surface area (Å²) in [6.45, 7) is 12.3. The molecule has 2 nitrogen and oxygen atoms in total. The fourth-order valence-electron chi connectivity index (χ4n) is 1.71. The molecule has 0 aromatic heterocycles. The van der Waals surface area contributed by atoms with Crippen LogP contribution in [0.15, 0.2) is 12.1 Å². The fourth-order valence-corrected chi connectivity index (χ4v) is 1.71. The van der Waals surface area contributed by atoms with Crippen LogP contribution in [0.5, 0.6) is 0 Å². The lowest BCUT2D eigenvalue weighted by atomic mass is 9.76. The van der Waals surface area contributed by atoms with Crippen LogP contribution in [0.2, 0.25) is 0 Å². The van der Waals surface area contributed by atoms with E-state index in [9.17, 15) is 0 Å². The molecule has 3 heteroatoms. The van der Waals surface area contributed by atoms with Crippen LogP contribution in [0.4, 0.5) is 0 Å². The lowest BCUT2D eigenvalue weighted by Gasteiger charge is -2.32. The van der Waals surface area contributed by atoms with E-state index in [0.29, 0.717) is 0 Å². The van der Waals surface area contributed by atoms with E-state index < -0.39 is 0 Å². The molecular weight excluding hydrogens is 211 g/mol. The van der Waals surface area contributed by atoms with Crippen LogP contribution in [-0.4, -0.2) is 18.3 Å². The molecule has 1 aliphatic rings. The highest BCUT2D eigenvalue weighted by Crippen LogP contribution is 2.38. The van der Waals surface area contributed by atoms with Gasteiger partial charge in [-0.05, 0) is 52.4 Å². The van der Waals surface area contributed by atoms with E-state index >= 15 is 0 Å². The maximum atomic E-state index is 5.92. The van der Waals surface area contributed by atoms with Crippen molar-refractivity contribution in [3.05, 3.63) is 12.1 Å². The Morgan fingerprint density at radius 3 is 2.18 bits per heavy atom. The van der Waals surface area contributed by atoms with Crippen molar-refractivity contribution in [3.63, 3.8) is 0 Å². The maximum Gasteiger partial charge on any atom is 0.489 e. The summed E-state index contributed by atoms with van der Waals surface area (Å²) in [7, 11) is -0.272. The second kappa shape index (κ2) is 5.29. The van der Waals surface area contributed by atoms with Crippen LogP contribution >= 0.6 is 0 Å². The number of rotatable bonds is 5. The fraction of sp³-hybridized carbons (Fsp3) is 0.714. The first kappa shape index (κ1) is 14.3. The molecule has 1 rings (SSSR count). The standard InChI is InChI=1S/C14H23BO2/c1-7-8-9-10-11-12(2)15-16-13(3,4)14(5,6)17-15/h1H,2,8-11H2,3-6H3. The summed E-state index contributed by atoms with van der Waals surface area (Å²) in [6, 6.07) is 0. The van der Waals surface area contributed by atoms with Crippen molar-refractivity contribution in [1.29, 1.82) is 0 Å². The minimum absolute atomic E-state index is 0.272. The molecule has 0 atom stereocenters. The van der Waals surface area contributed by atoms with E-state index in [0.717, 1.165) is 31.2 Å². The molecule has 17 heavy (non-hydrogen) atoms.